The molecule has 2 aliphatic carbocycles. The van der Waals surface area contributed by atoms with Crippen LogP contribution in [0.1, 0.15) is 61.6 Å². The molecule has 0 saturated heterocycles. The zero-order valence-electron chi connectivity index (χ0n) is 15.9. The molecule has 30 heavy (non-hydrogen) atoms. The minimum atomic E-state index is -4.85. The van der Waals surface area contributed by atoms with Crippen molar-refractivity contribution in [3.05, 3.63) is 35.1 Å². The lowest BCUT2D eigenvalue weighted by atomic mass is 9.99. The summed E-state index contributed by atoms with van der Waals surface area (Å²) in [5.41, 5.74) is -1.26. The Hall–Kier alpha value is -2.28. The second-order valence-corrected chi connectivity index (χ2v) is 7.90. The minimum Gasteiger partial charge on any atom is -0.336 e. The highest BCUT2D eigenvalue weighted by Crippen LogP contribution is 2.43. The molecular formula is C20H21F6N3O. The average molecular weight is 433 g/mol. The molecular weight excluding hydrogens is 412 g/mol. The van der Waals surface area contributed by atoms with E-state index >= 15 is 0 Å². The molecule has 4 nitrogen and oxygen atoms in total. The van der Waals surface area contributed by atoms with Gasteiger partial charge < -0.3 is 5.32 Å². The molecule has 0 unspecified atom stereocenters. The summed E-state index contributed by atoms with van der Waals surface area (Å²) < 4.78 is 80.8. The first kappa shape index (κ1) is 22.4. The maximum Gasteiger partial charge on any atom is 0.407 e. The Morgan fingerprint density at radius 2 is 1.90 bits per heavy atom. The summed E-state index contributed by atoms with van der Waals surface area (Å²) >= 11 is 0. The lowest BCUT2D eigenvalue weighted by Gasteiger charge is -2.28. The monoisotopic (exact) mass is 433 g/mol. The van der Waals surface area contributed by atoms with Gasteiger partial charge in [-0.25, -0.2) is 13.2 Å². The van der Waals surface area contributed by atoms with E-state index in [4.69, 9.17) is 5.26 Å². The van der Waals surface area contributed by atoms with Crippen molar-refractivity contribution in [3.63, 3.8) is 0 Å². The second-order valence-electron chi connectivity index (χ2n) is 7.90. The molecule has 0 radical (unpaired) electrons. The molecule has 1 aromatic rings. The summed E-state index contributed by atoms with van der Waals surface area (Å²) in [6.45, 7) is 0. The second kappa shape index (κ2) is 8.46. The van der Waals surface area contributed by atoms with Crippen LogP contribution in [0.3, 0.4) is 0 Å². The standard InChI is InChI=1S/C20H21F6N3O/c21-14-4-3-12(9-13(14)11-1-2-11)17(20(24,25)26)28-15(5-6-16(22)23)18(30)29-19(10-27)7-8-19/h3-4,9,11,15-17,28H,1-2,5-8H2,(H,29,30)/t15-,17-/m0/s1. The number of nitrogens with zero attached hydrogens (tertiary/aromatic N) is 1. The van der Waals surface area contributed by atoms with Crippen LogP contribution in [-0.2, 0) is 4.79 Å². The van der Waals surface area contributed by atoms with Gasteiger partial charge >= 0.3 is 6.18 Å². The van der Waals surface area contributed by atoms with Crippen LogP contribution in [0.15, 0.2) is 18.2 Å². The Labute approximate surface area is 169 Å². The molecule has 2 aliphatic rings. The van der Waals surface area contributed by atoms with Crippen molar-refractivity contribution in [3.8, 4) is 6.07 Å². The van der Waals surface area contributed by atoms with Gasteiger partial charge in [-0.2, -0.15) is 18.4 Å². The Kier molecular flexibility index (Phi) is 6.32. The number of nitrogens with one attached hydrogen (secondary N) is 2. The highest BCUT2D eigenvalue weighted by Gasteiger charge is 2.47. The first-order valence-electron chi connectivity index (χ1n) is 9.68. The molecule has 3 rings (SSSR count). The third-order valence-electron chi connectivity index (χ3n) is 5.38. The van der Waals surface area contributed by atoms with Crippen LogP contribution in [0, 0.1) is 17.1 Å². The first-order chi connectivity index (χ1) is 14.0. The molecule has 2 N–H and O–H groups in total. The zero-order valence-corrected chi connectivity index (χ0v) is 15.9. The Morgan fingerprint density at radius 1 is 1.23 bits per heavy atom. The number of nitriles is 1. The molecule has 2 saturated carbocycles. The predicted octanol–water partition coefficient (Wildman–Crippen LogP) is 4.48. The van der Waals surface area contributed by atoms with E-state index < -0.39 is 54.8 Å². The van der Waals surface area contributed by atoms with Gasteiger partial charge in [0.25, 0.3) is 0 Å². The van der Waals surface area contributed by atoms with Gasteiger partial charge in [-0.1, -0.05) is 12.1 Å². The third kappa shape index (κ3) is 5.45. The lowest BCUT2D eigenvalue weighted by Crippen LogP contribution is -2.51. The van der Waals surface area contributed by atoms with E-state index in [-0.39, 0.29) is 17.0 Å². The smallest absolute Gasteiger partial charge is 0.336 e. The molecule has 2 atom stereocenters. The number of benzene rings is 1. The summed E-state index contributed by atoms with van der Waals surface area (Å²) in [6.07, 6.45) is -6.93. The average Bonchev–Trinajstić information content (AvgIpc) is 3.57. The Bertz CT molecular complexity index is 827. The number of hydrogen-bond acceptors (Lipinski definition) is 3. The van der Waals surface area contributed by atoms with Crippen LogP contribution in [0.2, 0.25) is 0 Å². The third-order valence-corrected chi connectivity index (χ3v) is 5.38. The van der Waals surface area contributed by atoms with Gasteiger partial charge in [-0.05, 0) is 55.2 Å². The number of rotatable bonds is 9. The highest BCUT2D eigenvalue weighted by molar-refractivity contribution is 5.83. The van der Waals surface area contributed by atoms with Gasteiger partial charge in [0.2, 0.25) is 12.3 Å². The van der Waals surface area contributed by atoms with Crippen molar-refractivity contribution < 1.29 is 31.1 Å². The normalized spacial score (nSPS) is 19.8. The summed E-state index contributed by atoms with van der Waals surface area (Å²) in [4.78, 5) is 12.5. The summed E-state index contributed by atoms with van der Waals surface area (Å²) in [6, 6.07) is 0.994. The van der Waals surface area contributed by atoms with Crippen molar-refractivity contribution in [1.82, 2.24) is 10.6 Å². The van der Waals surface area contributed by atoms with Gasteiger partial charge in [0.05, 0.1) is 12.1 Å². The molecule has 0 aliphatic heterocycles. The van der Waals surface area contributed by atoms with Crippen LogP contribution < -0.4 is 10.6 Å². The molecule has 10 heteroatoms. The largest absolute Gasteiger partial charge is 0.407 e. The molecule has 1 amide bonds. The van der Waals surface area contributed by atoms with Crippen molar-refractivity contribution in [2.45, 2.75) is 74.7 Å². The van der Waals surface area contributed by atoms with E-state index in [1.807, 2.05) is 6.07 Å². The fourth-order valence-corrected chi connectivity index (χ4v) is 3.33. The van der Waals surface area contributed by atoms with E-state index in [1.165, 1.54) is 0 Å². The van der Waals surface area contributed by atoms with Crippen LogP contribution in [0.4, 0.5) is 26.3 Å². The van der Waals surface area contributed by atoms with Crippen molar-refractivity contribution in [2.24, 2.45) is 0 Å². The lowest BCUT2D eigenvalue weighted by molar-refractivity contribution is -0.161. The molecule has 2 fully saturated rings. The van der Waals surface area contributed by atoms with E-state index in [0.717, 1.165) is 18.2 Å². The summed E-state index contributed by atoms with van der Waals surface area (Å²) in [7, 11) is 0. The Balaban J connectivity index is 1.84. The van der Waals surface area contributed by atoms with Gasteiger partial charge in [-0.3, -0.25) is 10.1 Å². The highest BCUT2D eigenvalue weighted by atomic mass is 19.4. The van der Waals surface area contributed by atoms with Crippen molar-refractivity contribution in [1.29, 1.82) is 5.26 Å². The van der Waals surface area contributed by atoms with Gasteiger partial charge in [0, 0.05) is 6.42 Å². The van der Waals surface area contributed by atoms with E-state index in [2.05, 4.69) is 10.6 Å². The Morgan fingerprint density at radius 3 is 2.40 bits per heavy atom. The molecule has 1 aromatic carbocycles. The molecule has 164 valence electrons. The summed E-state index contributed by atoms with van der Waals surface area (Å²) in [5.74, 6) is -1.67. The number of halogens is 6. The number of carbonyl (C=O) groups is 1. The maximum absolute atomic E-state index is 14.0. The molecule has 0 heterocycles. The molecule has 0 aromatic heterocycles. The maximum atomic E-state index is 14.0. The minimum absolute atomic E-state index is 0.137. The fraction of sp³-hybridized carbons (Fsp3) is 0.600. The van der Waals surface area contributed by atoms with E-state index in [1.54, 1.807) is 0 Å². The van der Waals surface area contributed by atoms with Crippen LogP contribution in [0.25, 0.3) is 0 Å². The predicted molar refractivity (Wildman–Crippen MR) is 95.1 cm³/mol. The molecule has 0 bridgehead atoms. The first-order valence-corrected chi connectivity index (χ1v) is 9.68. The molecule has 0 spiro atoms. The number of alkyl halides is 5. The van der Waals surface area contributed by atoms with Crippen LogP contribution in [-0.4, -0.2) is 30.1 Å². The zero-order chi connectivity index (χ0) is 22.1. The SMILES string of the molecule is N#CC1(NC(=O)[C@H](CCC(F)F)N[C@@H](c2ccc(F)c(C3CC3)c2)C(F)(F)F)CC1. The van der Waals surface area contributed by atoms with Gasteiger partial charge in [-0.15, -0.1) is 0 Å². The number of amides is 1. The van der Waals surface area contributed by atoms with Gasteiger partial charge in [0.15, 0.2) is 0 Å². The number of carbonyl (C=O) groups excluding carboxylic acids is 1. The van der Waals surface area contributed by atoms with Crippen molar-refractivity contribution >= 4 is 5.91 Å². The number of hydrogen-bond donors (Lipinski definition) is 2. The van der Waals surface area contributed by atoms with Gasteiger partial charge in [0.1, 0.15) is 17.4 Å². The summed E-state index contributed by atoms with van der Waals surface area (Å²) in [5, 5.41) is 13.6. The fourth-order valence-electron chi connectivity index (χ4n) is 3.33. The van der Waals surface area contributed by atoms with Crippen LogP contribution in [0.5, 0.6) is 0 Å². The van der Waals surface area contributed by atoms with E-state index in [9.17, 15) is 31.1 Å². The topological polar surface area (TPSA) is 64.9 Å². The van der Waals surface area contributed by atoms with Crippen LogP contribution >= 0.6 is 0 Å². The van der Waals surface area contributed by atoms with E-state index in [0.29, 0.717) is 25.7 Å². The quantitative estimate of drug-likeness (QED) is 0.565. The van der Waals surface area contributed by atoms with Crippen molar-refractivity contribution in [2.75, 3.05) is 0 Å².